The number of nitrogens with zero attached hydrogens (tertiary/aromatic N) is 2. The van der Waals surface area contributed by atoms with E-state index < -0.39 is 30.0 Å². The molecule has 2 aromatic rings. The topological polar surface area (TPSA) is 117 Å². The van der Waals surface area contributed by atoms with Gasteiger partial charge in [-0.25, -0.2) is 9.86 Å². The first kappa shape index (κ1) is 35.8. The molecule has 246 valence electrons. The van der Waals surface area contributed by atoms with Gasteiger partial charge in [0.15, 0.2) is 0 Å². The highest BCUT2D eigenvalue weighted by molar-refractivity contribution is 6.30. The van der Waals surface area contributed by atoms with E-state index in [2.05, 4.69) is 17.6 Å². The summed E-state index contributed by atoms with van der Waals surface area (Å²) in [7, 11) is 4.53. The van der Waals surface area contributed by atoms with Crippen LogP contribution in [-0.4, -0.2) is 73.6 Å². The van der Waals surface area contributed by atoms with Crippen LogP contribution in [0.5, 0.6) is 0 Å². The van der Waals surface area contributed by atoms with E-state index in [0.717, 1.165) is 42.7 Å². The summed E-state index contributed by atoms with van der Waals surface area (Å²) in [6.45, 7) is 2.55. The molecule has 3 atom stereocenters. The molecule has 0 radical (unpaired) electrons. The minimum absolute atomic E-state index is 0.0115. The molecule has 0 spiro atoms. The molecule has 0 bridgehead atoms. The SMILES string of the molecule is CON(C)C(=O)[C@H](CCC(=O)N(C)CC(C)c1ccccc1)NC(=O)[C@H](CC1CCCCC1)NC(=O)OCc1cccc(Cl)c1. The maximum absolute atomic E-state index is 13.7. The predicted octanol–water partition coefficient (Wildman–Crippen LogP) is 5.45. The number of carbonyl (C=O) groups excluding carboxylic acids is 4. The first-order chi connectivity index (χ1) is 21.6. The monoisotopic (exact) mass is 642 g/mol. The first-order valence-corrected chi connectivity index (χ1v) is 16.0. The summed E-state index contributed by atoms with van der Waals surface area (Å²) in [5.74, 6) is -0.783. The van der Waals surface area contributed by atoms with E-state index >= 15 is 0 Å². The molecule has 0 saturated heterocycles. The average Bonchev–Trinajstić information content (AvgIpc) is 3.05. The lowest BCUT2D eigenvalue weighted by Crippen LogP contribution is -2.54. The minimum Gasteiger partial charge on any atom is -0.445 e. The zero-order chi connectivity index (χ0) is 32.8. The number of benzene rings is 2. The second kappa shape index (κ2) is 18.4. The van der Waals surface area contributed by atoms with Gasteiger partial charge in [0.25, 0.3) is 5.91 Å². The predicted molar refractivity (Wildman–Crippen MR) is 173 cm³/mol. The molecule has 4 amide bonds. The number of carbonyl (C=O) groups is 4. The van der Waals surface area contributed by atoms with Crippen molar-refractivity contribution < 1.29 is 28.8 Å². The molecule has 45 heavy (non-hydrogen) atoms. The molecule has 1 aliphatic rings. The highest BCUT2D eigenvalue weighted by Crippen LogP contribution is 2.27. The largest absolute Gasteiger partial charge is 0.445 e. The summed E-state index contributed by atoms with van der Waals surface area (Å²) >= 11 is 6.04. The molecule has 1 unspecified atom stereocenters. The molecule has 2 N–H and O–H groups in total. The van der Waals surface area contributed by atoms with Crippen LogP contribution in [0.1, 0.15) is 75.3 Å². The molecule has 1 fully saturated rings. The summed E-state index contributed by atoms with van der Waals surface area (Å²) in [5.41, 5.74) is 1.84. The Morgan fingerprint density at radius 1 is 0.956 bits per heavy atom. The fraction of sp³-hybridized carbons (Fsp3) is 0.529. The third kappa shape index (κ3) is 12.0. The molecule has 0 aromatic heterocycles. The van der Waals surface area contributed by atoms with Crippen molar-refractivity contribution in [2.24, 2.45) is 5.92 Å². The van der Waals surface area contributed by atoms with Gasteiger partial charge in [-0.2, -0.15) is 0 Å². The summed E-state index contributed by atoms with van der Waals surface area (Å²) in [5, 5.41) is 7.07. The van der Waals surface area contributed by atoms with Crippen molar-refractivity contribution in [2.75, 3.05) is 27.7 Å². The van der Waals surface area contributed by atoms with Crippen LogP contribution in [0, 0.1) is 5.92 Å². The van der Waals surface area contributed by atoms with Crippen molar-refractivity contribution in [2.45, 2.75) is 82.9 Å². The van der Waals surface area contributed by atoms with Crippen molar-refractivity contribution in [1.29, 1.82) is 0 Å². The van der Waals surface area contributed by atoms with E-state index in [-0.39, 0.29) is 37.2 Å². The van der Waals surface area contributed by atoms with Crippen molar-refractivity contribution in [3.63, 3.8) is 0 Å². The normalized spacial score (nSPS) is 15.3. The van der Waals surface area contributed by atoms with Crippen molar-refractivity contribution in [1.82, 2.24) is 20.6 Å². The Morgan fingerprint density at radius 3 is 2.33 bits per heavy atom. The Balaban J connectivity index is 1.66. The van der Waals surface area contributed by atoms with Crippen molar-refractivity contribution in [3.05, 3.63) is 70.7 Å². The first-order valence-electron chi connectivity index (χ1n) is 15.7. The summed E-state index contributed by atoms with van der Waals surface area (Å²) in [6.07, 6.45) is 4.97. The van der Waals surface area contributed by atoms with Gasteiger partial charge in [0, 0.05) is 32.1 Å². The second-order valence-corrected chi connectivity index (χ2v) is 12.3. The Hall–Kier alpha value is -3.63. The highest BCUT2D eigenvalue weighted by Gasteiger charge is 2.32. The summed E-state index contributed by atoms with van der Waals surface area (Å²) in [6, 6.07) is 15.0. The molecule has 2 aromatic carbocycles. The highest BCUT2D eigenvalue weighted by atomic mass is 35.5. The third-order valence-corrected chi connectivity index (χ3v) is 8.58. The van der Waals surface area contributed by atoms with Crippen LogP contribution in [0.15, 0.2) is 54.6 Å². The molecule has 0 aliphatic heterocycles. The van der Waals surface area contributed by atoms with Crippen molar-refractivity contribution in [3.8, 4) is 0 Å². The molecular formula is C34H47ClN4O6. The minimum atomic E-state index is -1.04. The van der Waals surface area contributed by atoms with Crippen LogP contribution < -0.4 is 10.6 Å². The molecule has 10 nitrogen and oxygen atoms in total. The number of likely N-dealkylation sites (N-methyl/N-ethyl adjacent to an activating group) is 2. The van der Waals surface area contributed by atoms with E-state index in [1.54, 1.807) is 36.2 Å². The van der Waals surface area contributed by atoms with Crippen molar-refractivity contribution >= 4 is 35.4 Å². The van der Waals surface area contributed by atoms with Gasteiger partial charge in [-0.3, -0.25) is 19.2 Å². The maximum atomic E-state index is 13.7. The van der Waals surface area contributed by atoms with Crippen LogP contribution >= 0.6 is 11.6 Å². The van der Waals surface area contributed by atoms with Crippen LogP contribution in [0.25, 0.3) is 0 Å². The zero-order valence-electron chi connectivity index (χ0n) is 26.8. The van der Waals surface area contributed by atoms with E-state index in [0.29, 0.717) is 23.6 Å². The van der Waals surface area contributed by atoms with Gasteiger partial charge in [-0.05, 0) is 47.9 Å². The smallest absolute Gasteiger partial charge is 0.408 e. The molecule has 3 rings (SSSR count). The number of rotatable bonds is 15. The Morgan fingerprint density at radius 2 is 1.67 bits per heavy atom. The number of halogens is 1. The lowest BCUT2D eigenvalue weighted by atomic mass is 9.84. The Kier molecular flexibility index (Phi) is 14.6. The fourth-order valence-electron chi connectivity index (χ4n) is 5.64. The van der Waals surface area contributed by atoms with Crippen LogP contribution in [0.3, 0.4) is 0 Å². The van der Waals surface area contributed by atoms with Gasteiger partial charge in [-0.1, -0.05) is 93.1 Å². The van der Waals surface area contributed by atoms with Crippen LogP contribution in [-0.2, 0) is 30.6 Å². The Bertz CT molecular complexity index is 1260. The number of nitrogens with one attached hydrogen (secondary N) is 2. The van der Waals surface area contributed by atoms with E-state index in [4.69, 9.17) is 21.2 Å². The van der Waals surface area contributed by atoms with Gasteiger partial charge in [0.2, 0.25) is 11.8 Å². The van der Waals surface area contributed by atoms with Gasteiger partial charge in [-0.15, -0.1) is 0 Å². The number of ether oxygens (including phenoxy) is 1. The molecular weight excluding hydrogens is 596 g/mol. The van der Waals surface area contributed by atoms with Gasteiger partial charge in [0.1, 0.15) is 18.7 Å². The van der Waals surface area contributed by atoms with E-state index in [9.17, 15) is 19.2 Å². The standard InChI is InChI=1S/C34H47ClN4O6/c1-24(27-15-9-6-10-16-27)22-38(2)31(40)19-18-29(33(42)39(3)44-4)36-32(41)30(21-25-12-7-5-8-13-25)37-34(43)45-23-26-14-11-17-28(35)20-26/h6,9-11,14-17,20,24-25,29-30H,5,7-8,12-13,18-19,21-23H2,1-4H3,(H,36,41)(H,37,43)/t24?,29-,30-/m0/s1. The molecule has 11 heteroatoms. The lowest BCUT2D eigenvalue weighted by molar-refractivity contribution is -0.172. The fourth-order valence-corrected chi connectivity index (χ4v) is 5.86. The quantitative estimate of drug-likeness (QED) is 0.250. The number of alkyl carbamates (subject to hydrolysis) is 1. The van der Waals surface area contributed by atoms with Gasteiger partial charge >= 0.3 is 6.09 Å². The van der Waals surface area contributed by atoms with E-state index in [1.807, 2.05) is 30.3 Å². The number of hydroxylamine groups is 2. The number of amides is 4. The zero-order valence-corrected chi connectivity index (χ0v) is 27.6. The average molecular weight is 643 g/mol. The Labute approximate surface area is 271 Å². The maximum Gasteiger partial charge on any atom is 0.408 e. The molecule has 1 saturated carbocycles. The number of hydrogen-bond acceptors (Lipinski definition) is 6. The van der Waals surface area contributed by atoms with E-state index in [1.165, 1.54) is 14.2 Å². The van der Waals surface area contributed by atoms with Crippen LogP contribution in [0.4, 0.5) is 4.79 Å². The molecule has 0 heterocycles. The van der Waals surface area contributed by atoms with Crippen LogP contribution in [0.2, 0.25) is 5.02 Å². The molecule has 1 aliphatic carbocycles. The number of hydrogen-bond donors (Lipinski definition) is 2. The van der Waals surface area contributed by atoms with Gasteiger partial charge in [0.05, 0.1) is 7.11 Å². The second-order valence-electron chi connectivity index (χ2n) is 11.8. The van der Waals surface area contributed by atoms with Gasteiger partial charge < -0.3 is 20.3 Å². The third-order valence-electron chi connectivity index (χ3n) is 8.35. The summed E-state index contributed by atoms with van der Waals surface area (Å²) in [4.78, 5) is 59.5. The summed E-state index contributed by atoms with van der Waals surface area (Å²) < 4.78 is 5.40. The lowest BCUT2D eigenvalue weighted by Gasteiger charge is -2.29.